The molecule has 5 aromatic rings. The van der Waals surface area contributed by atoms with Crippen molar-refractivity contribution in [1.82, 2.24) is 34.7 Å². The molecule has 4 N–H and O–H groups in total. The highest BCUT2D eigenvalue weighted by Gasteiger charge is 2.40. The number of amides is 1. The number of carbonyl (C=O) groups excluding carboxylic acids is 1. The van der Waals surface area contributed by atoms with Crippen LogP contribution in [0.1, 0.15) is 46.5 Å². The highest BCUT2D eigenvalue weighted by atomic mass is 35.5. The maximum Gasteiger partial charge on any atom is 0.310 e. The molecule has 12 nitrogen and oxygen atoms in total. The van der Waals surface area contributed by atoms with Crippen molar-refractivity contribution in [3.8, 4) is 11.1 Å². The Hall–Kier alpha value is -4.91. The van der Waals surface area contributed by atoms with Crippen LogP contribution in [0, 0.1) is 12.3 Å². The van der Waals surface area contributed by atoms with Crippen molar-refractivity contribution in [2.24, 2.45) is 12.5 Å². The first-order valence-corrected chi connectivity index (χ1v) is 16.3. The van der Waals surface area contributed by atoms with Crippen molar-refractivity contribution in [3.63, 3.8) is 0 Å². The first kappa shape index (κ1) is 31.7. The molecule has 246 valence electrons. The number of carbonyl (C=O) groups is 2. The van der Waals surface area contributed by atoms with E-state index in [1.54, 1.807) is 19.2 Å². The van der Waals surface area contributed by atoms with Gasteiger partial charge in [-0.3, -0.25) is 19.5 Å². The first-order chi connectivity index (χ1) is 23.1. The predicted octanol–water partition coefficient (Wildman–Crippen LogP) is 5.33. The second-order valence-corrected chi connectivity index (χ2v) is 13.2. The van der Waals surface area contributed by atoms with Crippen LogP contribution in [-0.4, -0.2) is 66.0 Å². The second kappa shape index (κ2) is 12.6. The number of likely N-dealkylation sites (tertiary alicyclic amines) is 1. The lowest BCUT2D eigenvalue weighted by molar-refractivity contribution is -0.147. The van der Waals surface area contributed by atoms with Crippen LogP contribution in [0.2, 0.25) is 5.02 Å². The largest absolute Gasteiger partial charge is 0.481 e. The summed E-state index contributed by atoms with van der Waals surface area (Å²) in [6.45, 7) is 7.11. The van der Waals surface area contributed by atoms with Crippen molar-refractivity contribution in [2.75, 3.05) is 30.3 Å². The van der Waals surface area contributed by atoms with Gasteiger partial charge in [0.15, 0.2) is 11.6 Å². The number of halogens is 1. The maximum atomic E-state index is 13.3. The fourth-order valence-electron chi connectivity index (χ4n) is 6.65. The van der Waals surface area contributed by atoms with E-state index in [4.69, 9.17) is 16.6 Å². The zero-order valence-electron chi connectivity index (χ0n) is 27.0. The fourth-order valence-corrected chi connectivity index (χ4v) is 6.93. The van der Waals surface area contributed by atoms with E-state index in [2.05, 4.69) is 35.8 Å². The number of aromatic nitrogens is 5. The van der Waals surface area contributed by atoms with Gasteiger partial charge >= 0.3 is 5.97 Å². The van der Waals surface area contributed by atoms with Crippen LogP contribution in [0.5, 0.6) is 0 Å². The van der Waals surface area contributed by atoms with Crippen LogP contribution < -0.4 is 16.0 Å². The number of hydrogen-bond donors (Lipinski definition) is 4. The molecule has 0 spiro atoms. The van der Waals surface area contributed by atoms with Crippen molar-refractivity contribution in [2.45, 2.75) is 39.8 Å². The molecule has 1 atom stereocenters. The molecule has 48 heavy (non-hydrogen) atoms. The van der Waals surface area contributed by atoms with Crippen LogP contribution in [0.3, 0.4) is 0 Å². The number of fused-ring (bicyclic) bond motifs is 2. The number of aliphatic carboxylic acids is 1. The van der Waals surface area contributed by atoms with Crippen LogP contribution in [0.25, 0.3) is 22.2 Å². The molecule has 1 amide bonds. The van der Waals surface area contributed by atoms with E-state index < -0.39 is 11.4 Å². The Bertz CT molecular complexity index is 2080. The lowest BCUT2D eigenvalue weighted by atomic mass is 9.90. The summed E-state index contributed by atoms with van der Waals surface area (Å²) < 4.78 is 1.86. The van der Waals surface area contributed by atoms with Crippen molar-refractivity contribution < 1.29 is 14.7 Å². The lowest BCUT2D eigenvalue weighted by Gasteiger charge is -2.20. The van der Waals surface area contributed by atoms with Gasteiger partial charge in [0.1, 0.15) is 11.8 Å². The molecule has 0 saturated carbocycles. The molecule has 3 aromatic heterocycles. The van der Waals surface area contributed by atoms with Gasteiger partial charge in [0, 0.05) is 62.8 Å². The monoisotopic (exact) mass is 665 g/mol. The normalized spacial score (nSPS) is 17.8. The Balaban J connectivity index is 1.11. The minimum atomic E-state index is -0.761. The van der Waals surface area contributed by atoms with E-state index in [1.165, 1.54) is 6.33 Å². The van der Waals surface area contributed by atoms with Crippen molar-refractivity contribution in [1.29, 1.82) is 0 Å². The number of pyridine rings is 1. The average Bonchev–Trinajstić information content (AvgIpc) is 3.63. The molecule has 7 rings (SSSR count). The molecule has 2 aliphatic heterocycles. The minimum absolute atomic E-state index is 0.316. The molecule has 2 aromatic carbocycles. The third-order valence-electron chi connectivity index (χ3n) is 9.46. The number of carboxylic acids is 1. The smallest absolute Gasteiger partial charge is 0.310 e. The minimum Gasteiger partial charge on any atom is -0.481 e. The van der Waals surface area contributed by atoms with Crippen molar-refractivity contribution >= 4 is 51.7 Å². The highest BCUT2D eigenvalue weighted by Crippen LogP contribution is 2.38. The third-order valence-corrected chi connectivity index (χ3v) is 9.87. The van der Waals surface area contributed by atoms with Gasteiger partial charge in [0.05, 0.1) is 27.3 Å². The van der Waals surface area contributed by atoms with Crippen LogP contribution in [0.4, 0.5) is 17.2 Å². The first-order valence-electron chi connectivity index (χ1n) is 15.9. The van der Waals surface area contributed by atoms with Gasteiger partial charge in [-0.05, 0) is 61.7 Å². The maximum absolute atomic E-state index is 13.3. The Morgan fingerprint density at radius 1 is 1.10 bits per heavy atom. The molecule has 1 saturated heterocycles. The van der Waals surface area contributed by atoms with Gasteiger partial charge < -0.3 is 25.6 Å². The molecule has 1 fully saturated rings. The quantitative estimate of drug-likeness (QED) is 0.171. The van der Waals surface area contributed by atoms with E-state index in [0.717, 1.165) is 58.8 Å². The summed E-state index contributed by atoms with van der Waals surface area (Å²) in [5, 5.41) is 19.7. The highest BCUT2D eigenvalue weighted by molar-refractivity contribution is 6.36. The molecule has 13 heteroatoms. The van der Waals surface area contributed by atoms with Gasteiger partial charge in [-0.1, -0.05) is 35.9 Å². The second-order valence-electron chi connectivity index (χ2n) is 12.8. The Labute approximate surface area is 282 Å². The fraction of sp³-hybridized carbons (Fsp3) is 0.314. The molecule has 0 bridgehead atoms. The SMILES string of the molecule is Cc1c(Nc2ncnc3cc(CN4CC[C@@](C)(C(=O)O)C4)cnc23)cccc1-c1cccc(NC(=O)c2nc3c(n2C)CCNC3)c1Cl. The van der Waals surface area contributed by atoms with Crippen molar-refractivity contribution in [3.05, 3.63) is 88.4 Å². The van der Waals surface area contributed by atoms with Crippen LogP contribution in [0.15, 0.2) is 55.0 Å². The molecule has 0 unspecified atom stereocenters. The zero-order chi connectivity index (χ0) is 33.6. The van der Waals surface area contributed by atoms with Gasteiger partial charge in [-0.15, -0.1) is 0 Å². The summed E-state index contributed by atoms with van der Waals surface area (Å²) in [6.07, 6.45) is 4.74. The molecule has 5 heterocycles. The summed E-state index contributed by atoms with van der Waals surface area (Å²) in [7, 11) is 1.87. The van der Waals surface area contributed by atoms with Gasteiger partial charge in [0.25, 0.3) is 5.91 Å². The molecular weight excluding hydrogens is 630 g/mol. The van der Waals surface area contributed by atoms with Crippen LogP contribution >= 0.6 is 11.6 Å². The number of rotatable bonds is 8. The number of nitrogens with one attached hydrogen (secondary N) is 3. The lowest BCUT2D eigenvalue weighted by Crippen LogP contribution is -2.31. The zero-order valence-corrected chi connectivity index (χ0v) is 27.7. The van der Waals surface area contributed by atoms with Gasteiger partial charge in [-0.2, -0.15) is 0 Å². The number of nitrogens with zero attached hydrogens (tertiary/aromatic N) is 6. The topological polar surface area (TPSA) is 150 Å². The number of anilines is 3. The molecule has 0 aliphatic carbocycles. The summed E-state index contributed by atoms with van der Waals surface area (Å²) in [5.41, 5.74) is 7.43. The number of carboxylic acid groups (broad SMARTS) is 1. The van der Waals surface area contributed by atoms with Crippen LogP contribution in [-0.2, 0) is 31.4 Å². The average molecular weight is 666 g/mol. The number of imidazole rings is 1. The predicted molar refractivity (Wildman–Crippen MR) is 184 cm³/mol. The van der Waals surface area contributed by atoms with Gasteiger partial charge in [0.2, 0.25) is 0 Å². The summed E-state index contributed by atoms with van der Waals surface area (Å²) >= 11 is 6.95. The summed E-state index contributed by atoms with van der Waals surface area (Å²) in [6, 6.07) is 13.5. The Morgan fingerprint density at radius 2 is 1.90 bits per heavy atom. The van der Waals surface area contributed by atoms with E-state index in [-0.39, 0.29) is 5.91 Å². The number of benzene rings is 2. The standard InChI is InChI=1S/C35H36ClN9O3/c1-20-22(23-7-5-9-25(29(23)36)43-33(46)32-42-27-16-37-12-10-28(27)44(32)3)6-4-8-24(20)41-31-30-26(39-19-40-31)14-21(15-38-30)17-45-13-11-35(2,18-45)34(47)48/h4-9,14-15,19,37H,10-13,16-18H2,1-3H3,(H,43,46)(H,47,48)(H,39,40,41)/t35-/m1/s1. The third kappa shape index (κ3) is 5.87. The summed E-state index contributed by atoms with van der Waals surface area (Å²) in [5.74, 6) is -0.166. The Kier molecular flexibility index (Phi) is 8.32. The molecule has 2 aliphatic rings. The van der Waals surface area contributed by atoms with E-state index in [0.29, 0.717) is 59.4 Å². The number of hydrogen-bond acceptors (Lipinski definition) is 9. The van der Waals surface area contributed by atoms with E-state index >= 15 is 0 Å². The Morgan fingerprint density at radius 3 is 2.67 bits per heavy atom. The van der Waals surface area contributed by atoms with E-state index in [1.807, 2.05) is 54.9 Å². The summed E-state index contributed by atoms with van der Waals surface area (Å²) in [4.78, 5) is 45.4. The molecular formula is C35H36ClN9O3. The molecule has 0 radical (unpaired) electrons. The van der Waals surface area contributed by atoms with E-state index in [9.17, 15) is 14.7 Å². The van der Waals surface area contributed by atoms with Gasteiger partial charge in [-0.25, -0.2) is 15.0 Å².